The smallest absolute Gasteiger partial charge is 0.306 e. The number of allylic oxidation sites excluding steroid dienone is 6. The van der Waals surface area contributed by atoms with E-state index in [-0.39, 0.29) is 26.1 Å². The second kappa shape index (κ2) is 43.5. The Morgan fingerprint density at radius 2 is 0.918 bits per heavy atom. The van der Waals surface area contributed by atoms with E-state index in [9.17, 15) is 19.0 Å². The Morgan fingerprint density at radius 3 is 1.38 bits per heavy atom. The average molecular weight is 882 g/mol. The van der Waals surface area contributed by atoms with Gasteiger partial charge in [0.05, 0.1) is 27.7 Å². The van der Waals surface area contributed by atoms with Crippen molar-refractivity contribution in [1.29, 1.82) is 0 Å². The van der Waals surface area contributed by atoms with Crippen molar-refractivity contribution < 1.29 is 42.1 Å². The van der Waals surface area contributed by atoms with Crippen molar-refractivity contribution >= 4 is 19.8 Å². The molecule has 2 unspecified atom stereocenters. The van der Waals surface area contributed by atoms with Crippen LogP contribution in [0.2, 0.25) is 0 Å². The molecular weight excluding hydrogens is 786 g/mol. The second-order valence-corrected chi connectivity index (χ2v) is 19.6. The molecule has 0 aromatic rings. The van der Waals surface area contributed by atoms with Gasteiger partial charge in [-0.05, 0) is 64.2 Å². The van der Waals surface area contributed by atoms with Gasteiger partial charge in [-0.1, -0.05) is 185 Å². The van der Waals surface area contributed by atoms with E-state index in [0.717, 1.165) is 70.6 Å². The van der Waals surface area contributed by atoms with E-state index in [1.165, 1.54) is 122 Å². The molecule has 0 rings (SSSR count). The summed E-state index contributed by atoms with van der Waals surface area (Å²) in [5.74, 6) is -0.842. The third kappa shape index (κ3) is 47.5. The first-order valence-corrected chi connectivity index (χ1v) is 26.7. The lowest BCUT2D eigenvalue weighted by Crippen LogP contribution is -2.37. The number of phosphoric ester groups is 1. The number of ether oxygens (including phenoxy) is 2. The molecule has 0 heterocycles. The molecule has 0 aliphatic carbocycles. The largest absolute Gasteiger partial charge is 0.756 e. The predicted molar refractivity (Wildman–Crippen MR) is 254 cm³/mol. The minimum absolute atomic E-state index is 0.0314. The third-order valence-electron chi connectivity index (χ3n) is 10.9. The quantitative estimate of drug-likeness (QED) is 0.0195. The molecule has 0 N–H and O–H groups in total. The molecule has 0 aliphatic heterocycles. The van der Waals surface area contributed by atoms with Crippen LogP contribution in [0.4, 0.5) is 0 Å². The zero-order chi connectivity index (χ0) is 45.0. The summed E-state index contributed by atoms with van der Waals surface area (Å²) in [6.07, 6.45) is 50.5. The van der Waals surface area contributed by atoms with Gasteiger partial charge in [0.1, 0.15) is 19.8 Å². The fourth-order valence-electron chi connectivity index (χ4n) is 6.92. The Balaban J connectivity index is 4.09. The van der Waals surface area contributed by atoms with Crippen molar-refractivity contribution in [1.82, 2.24) is 0 Å². The van der Waals surface area contributed by atoms with Crippen LogP contribution in [0.3, 0.4) is 0 Å². The maximum absolute atomic E-state index is 12.7. The van der Waals surface area contributed by atoms with E-state index < -0.39 is 32.5 Å². The van der Waals surface area contributed by atoms with Gasteiger partial charge in [0.15, 0.2) is 6.10 Å². The lowest BCUT2D eigenvalue weighted by Gasteiger charge is -2.28. The topological polar surface area (TPSA) is 111 Å². The highest BCUT2D eigenvalue weighted by atomic mass is 31.2. The molecular formula is C51H96NO8P. The van der Waals surface area contributed by atoms with Gasteiger partial charge in [0, 0.05) is 12.8 Å². The first-order chi connectivity index (χ1) is 29.5. The first kappa shape index (κ1) is 59.2. The first-order valence-electron chi connectivity index (χ1n) is 25.2. The number of rotatable bonds is 46. The summed E-state index contributed by atoms with van der Waals surface area (Å²) in [5, 5.41) is 0. The molecule has 0 aromatic carbocycles. The highest BCUT2D eigenvalue weighted by Gasteiger charge is 2.21. The number of likely N-dealkylation sites (N-methyl/N-ethyl adjacent to an activating group) is 1. The van der Waals surface area contributed by atoms with E-state index in [1.54, 1.807) is 0 Å². The van der Waals surface area contributed by atoms with Gasteiger partial charge in [-0.3, -0.25) is 14.2 Å². The van der Waals surface area contributed by atoms with Gasteiger partial charge in [-0.25, -0.2) is 0 Å². The molecule has 358 valence electrons. The van der Waals surface area contributed by atoms with Crippen molar-refractivity contribution in [3.8, 4) is 0 Å². The van der Waals surface area contributed by atoms with Gasteiger partial charge < -0.3 is 27.9 Å². The zero-order valence-electron chi connectivity index (χ0n) is 40.4. The number of hydrogen-bond acceptors (Lipinski definition) is 8. The van der Waals surface area contributed by atoms with Crippen LogP contribution >= 0.6 is 7.82 Å². The van der Waals surface area contributed by atoms with Gasteiger partial charge in [0.2, 0.25) is 0 Å². The van der Waals surface area contributed by atoms with Crippen LogP contribution in [0.1, 0.15) is 226 Å². The normalized spacial score (nSPS) is 13.7. The van der Waals surface area contributed by atoms with Crippen LogP contribution in [0.25, 0.3) is 0 Å². The third-order valence-corrected chi connectivity index (χ3v) is 11.8. The summed E-state index contributed by atoms with van der Waals surface area (Å²) in [6, 6.07) is 0. The molecule has 0 aromatic heterocycles. The molecule has 0 radical (unpaired) electrons. The van der Waals surface area contributed by atoms with E-state index in [2.05, 4.69) is 50.3 Å². The molecule has 61 heavy (non-hydrogen) atoms. The van der Waals surface area contributed by atoms with E-state index >= 15 is 0 Å². The fourth-order valence-corrected chi connectivity index (χ4v) is 7.65. The SMILES string of the molecule is CCC/C=C\CCCCCCCC(=O)OCC(COP(=O)([O-])OCC[N+](C)(C)C)OC(=O)CCCCCCCCCCCCCCCCC/C=C\C/C=C\CCCCCCC. The van der Waals surface area contributed by atoms with Crippen LogP contribution < -0.4 is 4.89 Å². The maximum atomic E-state index is 12.7. The van der Waals surface area contributed by atoms with Crippen molar-refractivity contribution in [2.45, 2.75) is 232 Å². The number of unbranched alkanes of at least 4 members (excludes halogenated alkanes) is 26. The van der Waals surface area contributed by atoms with Crippen molar-refractivity contribution in [3.05, 3.63) is 36.5 Å². The van der Waals surface area contributed by atoms with Crippen molar-refractivity contribution in [2.24, 2.45) is 0 Å². The maximum Gasteiger partial charge on any atom is 0.306 e. The molecule has 0 aliphatic rings. The molecule has 0 bridgehead atoms. The standard InChI is InChI=1S/C51H96NO8P/c1-6-8-10-12-14-16-18-19-20-21-22-23-24-25-26-27-28-29-30-31-32-33-34-36-38-40-42-44-51(54)60-49(48-59-61(55,56)58-46-45-52(3,4)5)47-57-50(53)43-41-39-37-35-17-15-13-11-9-7-2/h11,13,18-19,21-22,49H,6-10,12,14-17,20,23-48H2,1-5H3/b13-11-,19-18-,22-21-. The summed E-state index contributed by atoms with van der Waals surface area (Å²) in [7, 11) is 1.16. The Hall–Kier alpha value is -1.77. The Bertz CT molecular complexity index is 1130. The number of carbonyl (C=O) groups excluding carboxylic acids is 2. The lowest BCUT2D eigenvalue weighted by molar-refractivity contribution is -0.870. The number of quaternary nitrogens is 1. The Labute approximate surface area is 376 Å². The predicted octanol–water partition coefficient (Wildman–Crippen LogP) is 14.2. The van der Waals surface area contributed by atoms with Crippen LogP contribution in [0.5, 0.6) is 0 Å². The number of phosphoric acid groups is 1. The molecule has 0 fully saturated rings. The molecule has 2 atom stereocenters. The van der Waals surface area contributed by atoms with Crippen molar-refractivity contribution in [3.63, 3.8) is 0 Å². The number of carbonyl (C=O) groups is 2. The summed E-state index contributed by atoms with van der Waals surface area (Å²) >= 11 is 0. The molecule has 9 nitrogen and oxygen atoms in total. The molecule has 0 spiro atoms. The highest BCUT2D eigenvalue weighted by Crippen LogP contribution is 2.38. The minimum atomic E-state index is -4.62. The van der Waals surface area contributed by atoms with Gasteiger partial charge in [0.25, 0.3) is 7.82 Å². The van der Waals surface area contributed by atoms with Gasteiger partial charge in [-0.15, -0.1) is 0 Å². The molecule has 0 saturated heterocycles. The molecule has 10 heteroatoms. The number of esters is 2. The summed E-state index contributed by atoms with van der Waals surface area (Å²) in [4.78, 5) is 37.5. The summed E-state index contributed by atoms with van der Waals surface area (Å²) < 4.78 is 33.9. The second-order valence-electron chi connectivity index (χ2n) is 18.2. The van der Waals surface area contributed by atoms with E-state index in [0.29, 0.717) is 17.4 Å². The Kier molecular flexibility index (Phi) is 42.2. The lowest BCUT2D eigenvalue weighted by atomic mass is 10.0. The zero-order valence-corrected chi connectivity index (χ0v) is 41.3. The van der Waals surface area contributed by atoms with Crippen molar-refractivity contribution in [2.75, 3.05) is 47.5 Å². The number of hydrogen-bond donors (Lipinski definition) is 0. The minimum Gasteiger partial charge on any atom is -0.756 e. The summed E-state index contributed by atoms with van der Waals surface area (Å²) in [6.45, 7) is 4.16. The van der Waals surface area contributed by atoms with E-state index in [1.807, 2.05) is 21.1 Å². The van der Waals surface area contributed by atoms with Gasteiger partial charge in [-0.2, -0.15) is 0 Å². The average Bonchev–Trinajstić information content (AvgIpc) is 3.21. The molecule has 0 amide bonds. The van der Waals surface area contributed by atoms with E-state index in [4.69, 9.17) is 18.5 Å². The highest BCUT2D eigenvalue weighted by molar-refractivity contribution is 7.45. The molecule has 0 saturated carbocycles. The number of nitrogens with zero attached hydrogens (tertiary/aromatic N) is 1. The monoisotopic (exact) mass is 882 g/mol. The Morgan fingerprint density at radius 1 is 0.508 bits per heavy atom. The van der Waals surface area contributed by atoms with Gasteiger partial charge >= 0.3 is 11.9 Å². The van der Waals surface area contributed by atoms with Crippen LogP contribution in [0.15, 0.2) is 36.5 Å². The summed E-state index contributed by atoms with van der Waals surface area (Å²) in [5.41, 5.74) is 0. The fraction of sp³-hybridized carbons (Fsp3) is 0.843. The van der Waals surface area contributed by atoms with Crippen LogP contribution in [-0.4, -0.2) is 70.0 Å². The van der Waals surface area contributed by atoms with Crippen LogP contribution in [0, 0.1) is 0 Å². The van der Waals surface area contributed by atoms with Crippen LogP contribution in [-0.2, 0) is 32.7 Å².